The molecule has 0 atom stereocenters. The highest BCUT2D eigenvalue weighted by molar-refractivity contribution is 5.83. The molecule has 0 radical (unpaired) electrons. The molecule has 0 saturated carbocycles. The van der Waals surface area contributed by atoms with Crippen LogP contribution in [0.1, 0.15) is 57.0 Å². The molecule has 2 fully saturated rings. The molecule has 3 aromatic rings. The molecule has 10 heteroatoms. The van der Waals surface area contributed by atoms with E-state index in [1.807, 2.05) is 24.8 Å². The fraction of sp³-hybridized carbons (Fsp3) is 0.600. The Kier molecular flexibility index (Phi) is 6.99. The molecule has 2 aliphatic rings. The van der Waals surface area contributed by atoms with Gasteiger partial charge in [0.1, 0.15) is 11.3 Å². The molecule has 2 aliphatic heterocycles. The van der Waals surface area contributed by atoms with Gasteiger partial charge in [-0.2, -0.15) is 14.8 Å². The van der Waals surface area contributed by atoms with E-state index in [2.05, 4.69) is 20.1 Å². The summed E-state index contributed by atoms with van der Waals surface area (Å²) >= 11 is 0. The quantitative estimate of drug-likeness (QED) is 0.519. The standard InChI is InChI=1S/C25H33FN6O3/c1-3-21-19-6-5-7-20(26)22(19)32(28-21)24-27-23(35-29-24)18-10-12-30(13-11-18)16-17-8-14-31(15-9-17)25(33)34-4-2/h5-7,17-18H,3-4,8-16H2,1-2H3. The molecular weight excluding hydrogens is 451 g/mol. The monoisotopic (exact) mass is 484 g/mol. The molecule has 0 spiro atoms. The number of fused-ring (bicyclic) bond motifs is 1. The Morgan fingerprint density at radius 3 is 2.63 bits per heavy atom. The molecular formula is C25H33FN6O3. The zero-order chi connectivity index (χ0) is 24.4. The number of carbonyl (C=O) groups is 1. The Hall–Kier alpha value is -3.01. The van der Waals surface area contributed by atoms with Crippen molar-refractivity contribution in [2.24, 2.45) is 5.92 Å². The number of amides is 1. The smallest absolute Gasteiger partial charge is 0.409 e. The largest absolute Gasteiger partial charge is 0.450 e. The molecule has 0 aliphatic carbocycles. The van der Waals surface area contributed by atoms with Gasteiger partial charge in [0.15, 0.2) is 0 Å². The summed E-state index contributed by atoms with van der Waals surface area (Å²) in [6, 6.07) is 5.00. The van der Waals surface area contributed by atoms with Crippen molar-refractivity contribution in [1.29, 1.82) is 0 Å². The lowest BCUT2D eigenvalue weighted by Crippen LogP contribution is -2.43. The zero-order valence-electron chi connectivity index (χ0n) is 20.5. The summed E-state index contributed by atoms with van der Waals surface area (Å²) in [5, 5.41) is 9.47. The van der Waals surface area contributed by atoms with Crippen LogP contribution in [0.25, 0.3) is 16.9 Å². The summed E-state index contributed by atoms with van der Waals surface area (Å²) in [7, 11) is 0. The lowest BCUT2D eigenvalue weighted by molar-refractivity contribution is 0.0825. The van der Waals surface area contributed by atoms with E-state index in [9.17, 15) is 9.18 Å². The van der Waals surface area contributed by atoms with Crippen LogP contribution in [0.5, 0.6) is 0 Å². The predicted molar refractivity (Wildman–Crippen MR) is 128 cm³/mol. The van der Waals surface area contributed by atoms with Crippen LogP contribution in [0.15, 0.2) is 22.7 Å². The number of nitrogens with zero attached hydrogens (tertiary/aromatic N) is 6. The molecule has 2 aromatic heterocycles. The van der Waals surface area contributed by atoms with Crippen LogP contribution in [0.4, 0.5) is 9.18 Å². The first-order valence-corrected chi connectivity index (χ1v) is 12.7. The fourth-order valence-corrected chi connectivity index (χ4v) is 5.31. The van der Waals surface area contributed by atoms with Gasteiger partial charge in [0.25, 0.3) is 5.95 Å². The van der Waals surface area contributed by atoms with Crippen LogP contribution in [-0.2, 0) is 11.2 Å². The third kappa shape index (κ3) is 4.89. The number of halogens is 1. The van der Waals surface area contributed by atoms with Gasteiger partial charge in [-0.15, -0.1) is 0 Å². The summed E-state index contributed by atoms with van der Waals surface area (Å²) in [5.41, 5.74) is 1.20. The van der Waals surface area contributed by atoms with E-state index in [4.69, 9.17) is 9.26 Å². The number of benzene rings is 1. The van der Waals surface area contributed by atoms with E-state index in [0.29, 0.717) is 30.4 Å². The molecule has 0 N–H and O–H groups in total. The van der Waals surface area contributed by atoms with Crippen molar-refractivity contribution < 1.29 is 18.4 Å². The van der Waals surface area contributed by atoms with Gasteiger partial charge in [0, 0.05) is 30.9 Å². The second kappa shape index (κ2) is 10.3. The normalized spacial score (nSPS) is 18.4. The number of aryl methyl sites for hydroxylation is 1. The van der Waals surface area contributed by atoms with E-state index in [-0.39, 0.29) is 23.8 Å². The molecule has 4 heterocycles. The number of hydrogen-bond donors (Lipinski definition) is 0. The predicted octanol–water partition coefficient (Wildman–Crippen LogP) is 4.16. The molecule has 1 amide bonds. The van der Waals surface area contributed by atoms with Crippen molar-refractivity contribution in [3.8, 4) is 5.95 Å². The Morgan fingerprint density at radius 1 is 1.14 bits per heavy atom. The minimum atomic E-state index is -0.345. The SMILES string of the molecule is CCOC(=O)N1CCC(CN2CCC(c3nc(-n4nc(CC)c5cccc(F)c54)no3)CC2)CC1. The average Bonchev–Trinajstić information content (AvgIpc) is 3.51. The third-order valence-corrected chi connectivity index (χ3v) is 7.28. The number of carbonyl (C=O) groups excluding carboxylic acids is 1. The summed E-state index contributed by atoms with van der Waals surface area (Å²) in [4.78, 5) is 20.8. The third-order valence-electron chi connectivity index (χ3n) is 7.28. The molecule has 35 heavy (non-hydrogen) atoms. The minimum absolute atomic E-state index is 0.190. The summed E-state index contributed by atoms with van der Waals surface area (Å²) < 4.78 is 26.8. The maximum Gasteiger partial charge on any atom is 0.409 e. The van der Waals surface area contributed by atoms with Gasteiger partial charge in [0.2, 0.25) is 5.89 Å². The number of ether oxygens (including phenoxy) is 1. The molecule has 188 valence electrons. The molecule has 1 aromatic carbocycles. The van der Waals surface area contributed by atoms with Crippen molar-refractivity contribution in [3.63, 3.8) is 0 Å². The number of piperidine rings is 2. The van der Waals surface area contributed by atoms with E-state index in [0.717, 1.165) is 69.5 Å². The first-order valence-electron chi connectivity index (χ1n) is 12.7. The van der Waals surface area contributed by atoms with Crippen LogP contribution in [0, 0.1) is 11.7 Å². The molecule has 5 rings (SSSR count). The maximum atomic E-state index is 14.6. The minimum Gasteiger partial charge on any atom is -0.450 e. The highest BCUT2D eigenvalue weighted by Crippen LogP contribution is 2.30. The number of aromatic nitrogens is 4. The summed E-state index contributed by atoms with van der Waals surface area (Å²) in [6.07, 6.45) is 4.41. The van der Waals surface area contributed by atoms with Gasteiger partial charge < -0.3 is 19.1 Å². The van der Waals surface area contributed by atoms with Crippen LogP contribution in [0.3, 0.4) is 0 Å². The van der Waals surface area contributed by atoms with E-state index in [1.165, 1.54) is 10.7 Å². The van der Waals surface area contributed by atoms with Gasteiger partial charge in [-0.25, -0.2) is 9.18 Å². The topological polar surface area (TPSA) is 89.5 Å². The van der Waals surface area contributed by atoms with Crippen molar-refractivity contribution in [2.45, 2.75) is 51.9 Å². The van der Waals surface area contributed by atoms with Gasteiger partial charge in [0.05, 0.1) is 12.3 Å². The molecule has 2 saturated heterocycles. The molecule has 0 bridgehead atoms. The van der Waals surface area contributed by atoms with Gasteiger partial charge in [-0.1, -0.05) is 19.1 Å². The second-order valence-electron chi connectivity index (χ2n) is 9.48. The highest BCUT2D eigenvalue weighted by Gasteiger charge is 2.29. The fourth-order valence-electron chi connectivity index (χ4n) is 5.31. The van der Waals surface area contributed by atoms with Crippen molar-refractivity contribution in [1.82, 2.24) is 29.7 Å². The van der Waals surface area contributed by atoms with Crippen molar-refractivity contribution in [2.75, 3.05) is 39.3 Å². The van der Waals surface area contributed by atoms with Gasteiger partial charge >= 0.3 is 6.09 Å². The second-order valence-corrected chi connectivity index (χ2v) is 9.48. The molecule has 0 unspecified atom stereocenters. The number of likely N-dealkylation sites (tertiary alicyclic amines) is 2. The van der Waals surface area contributed by atoms with Crippen molar-refractivity contribution >= 4 is 17.0 Å². The lowest BCUT2D eigenvalue weighted by Gasteiger charge is -2.36. The maximum absolute atomic E-state index is 14.6. The Balaban J connectivity index is 1.17. The number of hydrogen-bond acceptors (Lipinski definition) is 7. The van der Waals surface area contributed by atoms with E-state index < -0.39 is 0 Å². The first-order chi connectivity index (χ1) is 17.1. The summed E-state index contributed by atoms with van der Waals surface area (Å²) in [6.45, 7) is 8.79. The highest BCUT2D eigenvalue weighted by atomic mass is 19.1. The van der Waals surface area contributed by atoms with Crippen LogP contribution in [-0.4, -0.2) is 75.1 Å². The van der Waals surface area contributed by atoms with Gasteiger partial charge in [-0.05, 0) is 69.3 Å². The van der Waals surface area contributed by atoms with Crippen LogP contribution < -0.4 is 0 Å². The zero-order valence-corrected chi connectivity index (χ0v) is 20.5. The number of para-hydroxylation sites is 1. The summed E-state index contributed by atoms with van der Waals surface area (Å²) in [5.74, 6) is 1.33. The molecule has 9 nitrogen and oxygen atoms in total. The number of rotatable bonds is 6. The Labute approximate surface area is 204 Å². The van der Waals surface area contributed by atoms with Crippen LogP contribution >= 0.6 is 0 Å². The Morgan fingerprint density at radius 2 is 1.91 bits per heavy atom. The van der Waals surface area contributed by atoms with E-state index >= 15 is 0 Å². The lowest BCUT2D eigenvalue weighted by atomic mass is 9.93. The van der Waals surface area contributed by atoms with Crippen molar-refractivity contribution in [3.05, 3.63) is 35.6 Å². The van der Waals surface area contributed by atoms with E-state index in [1.54, 1.807) is 6.07 Å². The van der Waals surface area contributed by atoms with Crippen LogP contribution in [0.2, 0.25) is 0 Å². The first kappa shape index (κ1) is 23.7. The van der Waals surface area contributed by atoms with Gasteiger partial charge in [-0.3, -0.25) is 0 Å². The Bertz CT molecular complexity index is 1160. The average molecular weight is 485 g/mol.